The number of carbonyl (C=O) groups excluding carboxylic acids is 1. The minimum atomic E-state index is -0.957. The van der Waals surface area contributed by atoms with Gasteiger partial charge in [0.05, 0.1) is 25.9 Å². The summed E-state index contributed by atoms with van der Waals surface area (Å²) < 4.78 is 10.1. The summed E-state index contributed by atoms with van der Waals surface area (Å²) in [5, 5.41) is 11.7. The Morgan fingerprint density at radius 3 is 2.95 bits per heavy atom. The van der Waals surface area contributed by atoms with Crippen LogP contribution in [0.2, 0.25) is 0 Å². The number of hydrogen-bond donors (Lipinski definition) is 2. The van der Waals surface area contributed by atoms with Gasteiger partial charge in [0.2, 0.25) is 0 Å². The predicted octanol–water partition coefficient (Wildman–Crippen LogP) is 0.662. The molecular weight excluding hydrogens is 262 g/mol. The van der Waals surface area contributed by atoms with Gasteiger partial charge in [-0.05, 0) is 17.7 Å². The van der Waals surface area contributed by atoms with Gasteiger partial charge in [0, 0.05) is 12.7 Å². The Kier molecular flexibility index (Phi) is 4.70. The van der Waals surface area contributed by atoms with Gasteiger partial charge in [-0.15, -0.1) is 0 Å². The van der Waals surface area contributed by atoms with Crippen LogP contribution in [-0.2, 0) is 20.9 Å². The Hall–Kier alpha value is -1.92. The van der Waals surface area contributed by atoms with Gasteiger partial charge < -0.3 is 19.9 Å². The molecule has 1 aliphatic heterocycles. The van der Waals surface area contributed by atoms with Crippen LogP contribution < -0.4 is 5.32 Å². The molecule has 0 aromatic heterocycles. The first-order chi connectivity index (χ1) is 9.61. The molecule has 6 nitrogen and oxygen atoms in total. The van der Waals surface area contributed by atoms with E-state index in [-0.39, 0.29) is 19.1 Å². The van der Waals surface area contributed by atoms with Crippen LogP contribution in [0.25, 0.3) is 0 Å². The molecule has 0 radical (unpaired) electrons. The minimum absolute atomic E-state index is 0.129. The van der Waals surface area contributed by atoms with E-state index in [0.717, 1.165) is 5.56 Å². The Balaban J connectivity index is 2.04. The zero-order valence-corrected chi connectivity index (χ0v) is 11.2. The molecule has 0 aliphatic carbocycles. The summed E-state index contributed by atoms with van der Waals surface area (Å²) in [5.41, 5.74) is 1.37. The predicted molar refractivity (Wildman–Crippen MR) is 70.4 cm³/mol. The normalized spacial score (nSPS) is 21.6. The average Bonchev–Trinajstić information content (AvgIpc) is 2.88. The SMILES string of the molecule is COCc1cccc(C(=O)NC2COCC2C(=O)O)c1. The molecule has 1 heterocycles. The summed E-state index contributed by atoms with van der Waals surface area (Å²) in [7, 11) is 1.58. The Bertz CT molecular complexity index is 502. The molecule has 1 fully saturated rings. The Labute approximate surface area is 116 Å². The van der Waals surface area contributed by atoms with Gasteiger partial charge >= 0.3 is 5.97 Å². The highest BCUT2D eigenvalue weighted by Gasteiger charge is 2.35. The summed E-state index contributed by atoms with van der Waals surface area (Å²) in [6.45, 7) is 0.774. The Morgan fingerprint density at radius 1 is 1.45 bits per heavy atom. The number of amides is 1. The second kappa shape index (κ2) is 6.49. The fourth-order valence-corrected chi connectivity index (χ4v) is 2.16. The molecule has 0 bridgehead atoms. The summed E-state index contributed by atoms with van der Waals surface area (Å²) in [4.78, 5) is 23.1. The van der Waals surface area contributed by atoms with Gasteiger partial charge in [-0.1, -0.05) is 12.1 Å². The van der Waals surface area contributed by atoms with E-state index in [9.17, 15) is 9.59 Å². The molecule has 1 amide bonds. The van der Waals surface area contributed by atoms with E-state index in [4.69, 9.17) is 14.6 Å². The van der Waals surface area contributed by atoms with Gasteiger partial charge in [0.1, 0.15) is 5.92 Å². The summed E-state index contributed by atoms with van der Waals surface area (Å²) in [5.74, 6) is -1.95. The third kappa shape index (κ3) is 3.34. The van der Waals surface area contributed by atoms with Gasteiger partial charge in [0.15, 0.2) is 0 Å². The van der Waals surface area contributed by atoms with Gasteiger partial charge in [-0.2, -0.15) is 0 Å². The molecule has 2 atom stereocenters. The highest BCUT2D eigenvalue weighted by molar-refractivity contribution is 5.94. The lowest BCUT2D eigenvalue weighted by Crippen LogP contribution is -2.42. The number of aliphatic carboxylic acids is 1. The standard InChI is InChI=1S/C14H17NO5/c1-19-6-9-3-2-4-10(5-9)13(16)15-12-8-20-7-11(12)14(17)18/h2-5,11-12H,6-8H2,1H3,(H,15,16)(H,17,18). The summed E-state index contributed by atoms with van der Waals surface area (Å²) in [6, 6.07) is 6.54. The average molecular weight is 279 g/mol. The maximum atomic E-state index is 12.1. The topological polar surface area (TPSA) is 84.9 Å². The van der Waals surface area contributed by atoms with E-state index < -0.39 is 17.9 Å². The minimum Gasteiger partial charge on any atom is -0.481 e. The number of carbonyl (C=O) groups is 2. The Morgan fingerprint density at radius 2 is 2.25 bits per heavy atom. The highest BCUT2D eigenvalue weighted by Crippen LogP contribution is 2.15. The van der Waals surface area contributed by atoms with Gasteiger partial charge in [0.25, 0.3) is 5.91 Å². The van der Waals surface area contributed by atoms with E-state index in [1.807, 2.05) is 6.07 Å². The number of rotatable bonds is 5. The third-order valence-electron chi connectivity index (χ3n) is 3.21. The molecule has 6 heteroatoms. The van der Waals surface area contributed by atoms with Crippen LogP contribution in [0.3, 0.4) is 0 Å². The lowest BCUT2D eigenvalue weighted by atomic mass is 10.0. The van der Waals surface area contributed by atoms with Crippen molar-refractivity contribution in [2.75, 3.05) is 20.3 Å². The molecule has 20 heavy (non-hydrogen) atoms. The third-order valence-corrected chi connectivity index (χ3v) is 3.21. The van der Waals surface area contributed by atoms with Crippen LogP contribution in [-0.4, -0.2) is 43.3 Å². The zero-order chi connectivity index (χ0) is 14.5. The van der Waals surface area contributed by atoms with E-state index in [0.29, 0.717) is 12.2 Å². The molecule has 0 saturated carbocycles. The second-order valence-electron chi connectivity index (χ2n) is 4.70. The van der Waals surface area contributed by atoms with Crippen LogP contribution in [0, 0.1) is 5.92 Å². The fraction of sp³-hybridized carbons (Fsp3) is 0.429. The summed E-state index contributed by atoms with van der Waals surface area (Å²) in [6.07, 6.45) is 0. The number of ether oxygens (including phenoxy) is 2. The van der Waals surface area contributed by atoms with Crippen molar-refractivity contribution in [3.63, 3.8) is 0 Å². The molecule has 2 N–H and O–H groups in total. The van der Waals surface area contributed by atoms with Crippen LogP contribution in [0.4, 0.5) is 0 Å². The first kappa shape index (κ1) is 14.5. The second-order valence-corrected chi connectivity index (χ2v) is 4.70. The van der Waals surface area contributed by atoms with Crippen LogP contribution in [0.5, 0.6) is 0 Å². The summed E-state index contributed by atoms with van der Waals surface area (Å²) >= 11 is 0. The number of methoxy groups -OCH3 is 1. The van der Waals surface area contributed by atoms with E-state index >= 15 is 0 Å². The van der Waals surface area contributed by atoms with Gasteiger partial charge in [-0.25, -0.2) is 0 Å². The first-order valence-corrected chi connectivity index (χ1v) is 6.31. The fourth-order valence-electron chi connectivity index (χ4n) is 2.16. The molecule has 1 aromatic rings. The molecule has 1 aromatic carbocycles. The van der Waals surface area contributed by atoms with Crippen molar-refractivity contribution in [3.8, 4) is 0 Å². The molecule has 1 aliphatic rings. The molecule has 108 valence electrons. The van der Waals surface area contributed by atoms with Crippen molar-refractivity contribution in [3.05, 3.63) is 35.4 Å². The number of nitrogens with one attached hydrogen (secondary N) is 1. The zero-order valence-electron chi connectivity index (χ0n) is 11.2. The van der Waals surface area contributed by atoms with E-state index in [2.05, 4.69) is 5.32 Å². The van der Waals surface area contributed by atoms with Crippen molar-refractivity contribution in [2.45, 2.75) is 12.6 Å². The van der Waals surface area contributed by atoms with E-state index in [1.165, 1.54) is 0 Å². The van der Waals surface area contributed by atoms with Gasteiger partial charge in [-0.3, -0.25) is 9.59 Å². The van der Waals surface area contributed by atoms with Crippen LogP contribution in [0.1, 0.15) is 15.9 Å². The maximum absolute atomic E-state index is 12.1. The van der Waals surface area contributed by atoms with Crippen molar-refractivity contribution in [1.82, 2.24) is 5.32 Å². The first-order valence-electron chi connectivity index (χ1n) is 6.31. The number of carboxylic acids is 1. The monoisotopic (exact) mass is 279 g/mol. The molecule has 0 spiro atoms. The van der Waals surface area contributed by atoms with Crippen LogP contribution in [0.15, 0.2) is 24.3 Å². The lowest BCUT2D eigenvalue weighted by molar-refractivity contribution is -0.142. The largest absolute Gasteiger partial charge is 0.481 e. The molecule has 2 unspecified atom stereocenters. The van der Waals surface area contributed by atoms with E-state index in [1.54, 1.807) is 25.3 Å². The lowest BCUT2D eigenvalue weighted by Gasteiger charge is -2.15. The smallest absolute Gasteiger partial charge is 0.311 e. The molecular formula is C14H17NO5. The van der Waals surface area contributed by atoms with Crippen molar-refractivity contribution in [1.29, 1.82) is 0 Å². The van der Waals surface area contributed by atoms with Crippen molar-refractivity contribution < 1.29 is 24.2 Å². The highest BCUT2D eigenvalue weighted by atomic mass is 16.5. The van der Waals surface area contributed by atoms with Crippen molar-refractivity contribution >= 4 is 11.9 Å². The maximum Gasteiger partial charge on any atom is 0.311 e. The van der Waals surface area contributed by atoms with Crippen molar-refractivity contribution in [2.24, 2.45) is 5.92 Å². The number of carboxylic acid groups (broad SMARTS) is 1. The number of hydrogen-bond acceptors (Lipinski definition) is 4. The molecule has 1 saturated heterocycles. The number of benzene rings is 1. The quantitative estimate of drug-likeness (QED) is 0.827. The van der Waals surface area contributed by atoms with Crippen LogP contribution >= 0.6 is 0 Å². The molecule has 2 rings (SSSR count).